The molecule has 2 rings (SSSR count). The highest BCUT2D eigenvalue weighted by molar-refractivity contribution is 7.80. The van der Waals surface area contributed by atoms with E-state index in [2.05, 4.69) is 35.4 Å². The maximum Gasteiger partial charge on any atom is 0.122 e. The third kappa shape index (κ3) is 3.51. The van der Waals surface area contributed by atoms with Crippen LogP contribution in [0.3, 0.4) is 0 Å². The Kier molecular flexibility index (Phi) is 4.47. The fraction of sp³-hybridized carbons (Fsp3) is 0.200. The first-order valence-electron chi connectivity index (χ1n) is 6.31. The minimum Gasteiger partial charge on any atom is -0.388 e. The molecule has 3 nitrogen and oxygen atoms in total. The summed E-state index contributed by atoms with van der Waals surface area (Å²) in [6.07, 6.45) is 3.93. The Morgan fingerprint density at radius 2 is 2.05 bits per heavy atom. The molecule has 1 aromatic carbocycles. The number of aromatic nitrogens is 1. The zero-order valence-corrected chi connectivity index (χ0v) is 11.7. The van der Waals surface area contributed by atoms with E-state index in [-0.39, 0.29) is 0 Å². The molecular formula is C15H17N3S. The van der Waals surface area contributed by atoms with Gasteiger partial charge in [0, 0.05) is 5.69 Å². The zero-order chi connectivity index (χ0) is 13.7. The number of hydrogen-bond acceptors (Lipinski definition) is 3. The molecule has 0 spiro atoms. The van der Waals surface area contributed by atoms with Crippen LogP contribution < -0.4 is 11.1 Å². The Bertz CT molecular complexity index is 564. The van der Waals surface area contributed by atoms with E-state index in [0.29, 0.717) is 10.7 Å². The van der Waals surface area contributed by atoms with Crippen molar-refractivity contribution in [2.45, 2.75) is 19.8 Å². The highest BCUT2D eigenvalue weighted by atomic mass is 32.1. The van der Waals surface area contributed by atoms with Gasteiger partial charge in [-0.1, -0.05) is 43.8 Å². The predicted octanol–water partition coefficient (Wildman–Crippen LogP) is 3.41. The summed E-state index contributed by atoms with van der Waals surface area (Å²) in [6, 6.07) is 12.1. The van der Waals surface area contributed by atoms with Gasteiger partial charge in [0.25, 0.3) is 0 Å². The molecule has 1 aromatic heterocycles. The average Bonchev–Trinajstić information content (AvgIpc) is 2.42. The van der Waals surface area contributed by atoms with Gasteiger partial charge >= 0.3 is 0 Å². The Balaban J connectivity index is 2.19. The van der Waals surface area contributed by atoms with Crippen LogP contribution in [0.2, 0.25) is 0 Å². The number of aryl methyl sites for hydroxylation is 1. The van der Waals surface area contributed by atoms with Gasteiger partial charge in [-0.2, -0.15) is 0 Å². The molecular weight excluding hydrogens is 254 g/mol. The van der Waals surface area contributed by atoms with Crippen molar-refractivity contribution in [1.82, 2.24) is 4.98 Å². The van der Waals surface area contributed by atoms with E-state index in [1.165, 1.54) is 5.56 Å². The Labute approximate surface area is 118 Å². The summed E-state index contributed by atoms with van der Waals surface area (Å²) in [7, 11) is 0. The Morgan fingerprint density at radius 3 is 2.68 bits per heavy atom. The molecule has 0 fully saturated rings. The average molecular weight is 271 g/mol. The summed E-state index contributed by atoms with van der Waals surface area (Å²) >= 11 is 4.89. The minimum absolute atomic E-state index is 0.318. The molecule has 0 radical (unpaired) electrons. The van der Waals surface area contributed by atoms with Crippen molar-refractivity contribution in [3.05, 3.63) is 53.9 Å². The van der Waals surface area contributed by atoms with E-state index in [1.807, 2.05) is 18.2 Å². The monoisotopic (exact) mass is 271 g/mol. The molecule has 0 aliphatic carbocycles. The minimum atomic E-state index is 0.318. The highest BCUT2D eigenvalue weighted by Gasteiger charge is 2.02. The summed E-state index contributed by atoms with van der Waals surface area (Å²) in [6.45, 7) is 2.18. The number of pyridine rings is 1. The van der Waals surface area contributed by atoms with Gasteiger partial charge in [0.2, 0.25) is 0 Å². The fourth-order valence-electron chi connectivity index (χ4n) is 1.90. The Hall–Kier alpha value is -1.94. The number of nitrogens with one attached hydrogen (secondary N) is 1. The topological polar surface area (TPSA) is 50.9 Å². The highest BCUT2D eigenvalue weighted by Crippen LogP contribution is 2.21. The second-order valence-electron chi connectivity index (χ2n) is 4.33. The van der Waals surface area contributed by atoms with Gasteiger partial charge in [-0.15, -0.1) is 0 Å². The van der Waals surface area contributed by atoms with E-state index < -0.39 is 0 Å². The van der Waals surface area contributed by atoms with Crippen LogP contribution in [0.4, 0.5) is 11.4 Å². The van der Waals surface area contributed by atoms with Crippen LogP contribution in [-0.4, -0.2) is 9.97 Å². The van der Waals surface area contributed by atoms with Crippen LogP contribution in [0.15, 0.2) is 42.6 Å². The molecule has 0 bridgehead atoms. The smallest absolute Gasteiger partial charge is 0.122 e. The number of rotatable bonds is 5. The van der Waals surface area contributed by atoms with Crippen molar-refractivity contribution in [2.24, 2.45) is 5.73 Å². The molecule has 0 aliphatic rings. The lowest BCUT2D eigenvalue weighted by Crippen LogP contribution is -2.11. The molecule has 0 amide bonds. The Morgan fingerprint density at radius 1 is 1.26 bits per heavy atom. The van der Waals surface area contributed by atoms with Crippen LogP contribution in [0.1, 0.15) is 24.6 Å². The van der Waals surface area contributed by atoms with Gasteiger partial charge in [-0.3, -0.25) is 4.98 Å². The van der Waals surface area contributed by atoms with Gasteiger partial charge in [0.1, 0.15) is 4.99 Å². The van der Waals surface area contributed by atoms with E-state index in [1.54, 1.807) is 6.20 Å². The molecule has 0 saturated carbocycles. The van der Waals surface area contributed by atoms with Gasteiger partial charge in [-0.05, 0) is 30.2 Å². The molecule has 4 heteroatoms. The van der Waals surface area contributed by atoms with E-state index in [0.717, 1.165) is 24.2 Å². The summed E-state index contributed by atoms with van der Waals surface area (Å²) in [5.74, 6) is 0. The number of nitrogens with two attached hydrogens (primary N) is 1. The van der Waals surface area contributed by atoms with Gasteiger partial charge < -0.3 is 11.1 Å². The third-order valence-corrected chi connectivity index (χ3v) is 3.04. The first-order chi connectivity index (χ1) is 9.20. The van der Waals surface area contributed by atoms with Crippen molar-refractivity contribution in [3.63, 3.8) is 0 Å². The van der Waals surface area contributed by atoms with Crippen molar-refractivity contribution >= 4 is 28.6 Å². The fourth-order valence-corrected chi connectivity index (χ4v) is 2.02. The second-order valence-corrected chi connectivity index (χ2v) is 4.77. The maximum absolute atomic E-state index is 5.53. The summed E-state index contributed by atoms with van der Waals surface area (Å²) in [5.41, 5.74) is 9.53. The van der Waals surface area contributed by atoms with E-state index >= 15 is 0 Å². The van der Waals surface area contributed by atoms with Crippen molar-refractivity contribution in [2.75, 3.05) is 5.32 Å². The standard InChI is InChI=1S/C15H17N3S/c1-2-5-11-6-3-4-7-13(11)18-12-8-9-14(15(16)19)17-10-12/h3-4,6-10,18H,2,5H2,1H3,(H2,16,19). The van der Waals surface area contributed by atoms with Crippen molar-refractivity contribution in [1.29, 1.82) is 0 Å². The van der Waals surface area contributed by atoms with Crippen molar-refractivity contribution in [3.8, 4) is 0 Å². The van der Waals surface area contributed by atoms with Crippen molar-refractivity contribution < 1.29 is 0 Å². The van der Waals surface area contributed by atoms with Gasteiger partial charge in [-0.25, -0.2) is 0 Å². The number of nitrogens with zero attached hydrogens (tertiary/aromatic N) is 1. The van der Waals surface area contributed by atoms with Crippen LogP contribution >= 0.6 is 12.2 Å². The first-order valence-corrected chi connectivity index (χ1v) is 6.72. The third-order valence-electron chi connectivity index (χ3n) is 2.83. The van der Waals surface area contributed by atoms with Gasteiger partial charge in [0.05, 0.1) is 17.6 Å². The SMILES string of the molecule is CCCc1ccccc1Nc1ccc(C(N)=S)nc1. The van der Waals surface area contributed by atoms with Crippen LogP contribution in [0.5, 0.6) is 0 Å². The maximum atomic E-state index is 5.53. The molecule has 3 N–H and O–H groups in total. The lowest BCUT2D eigenvalue weighted by atomic mass is 10.1. The lowest BCUT2D eigenvalue weighted by molar-refractivity contribution is 0.923. The summed E-state index contributed by atoms with van der Waals surface area (Å²) < 4.78 is 0. The lowest BCUT2D eigenvalue weighted by Gasteiger charge is -2.11. The summed E-state index contributed by atoms with van der Waals surface area (Å²) in [4.78, 5) is 4.54. The normalized spacial score (nSPS) is 10.2. The molecule has 0 saturated heterocycles. The second kappa shape index (κ2) is 6.29. The summed E-state index contributed by atoms with van der Waals surface area (Å²) in [5, 5.41) is 3.38. The number of anilines is 2. The molecule has 1 heterocycles. The number of thiocarbonyl (C=S) groups is 1. The van der Waals surface area contributed by atoms with Crippen LogP contribution in [-0.2, 0) is 6.42 Å². The quantitative estimate of drug-likeness (QED) is 0.818. The predicted molar refractivity (Wildman–Crippen MR) is 83.8 cm³/mol. The molecule has 98 valence electrons. The van der Waals surface area contributed by atoms with Crippen LogP contribution in [0.25, 0.3) is 0 Å². The molecule has 2 aromatic rings. The zero-order valence-electron chi connectivity index (χ0n) is 10.9. The molecule has 0 aliphatic heterocycles. The molecule has 19 heavy (non-hydrogen) atoms. The molecule has 0 unspecified atom stereocenters. The first kappa shape index (κ1) is 13.5. The largest absolute Gasteiger partial charge is 0.388 e. The number of hydrogen-bond donors (Lipinski definition) is 2. The molecule has 0 atom stereocenters. The van der Waals surface area contributed by atoms with Gasteiger partial charge in [0.15, 0.2) is 0 Å². The number of benzene rings is 1. The van der Waals surface area contributed by atoms with Crippen LogP contribution in [0, 0.1) is 0 Å². The van der Waals surface area contributed by atoms with E-state index in [4.69, 9.17) is 18.0 Å². The number of para-hydroxylation sites is 1. The van der Waals surface area contributed by atoms with E-state index in [9.17, 15) is 0 Å².